The summed E-state index contributed by atoms with van der Waals surface area (Å²) in [6.07, 6.45) is 0. The van der Waals surface area contributed by atoms with E-state index in [0.717, 1.165) is 5.69 Å². The lowest BCUT2D eigenvalue weighted by Crippen LogP contribution is -2.22. The molecule has 0 saturated carbocycles. The van der Waals surface area contributed by atoms with Gasteiger partial charge in [-0.25, -0.2) is 9.66 Å². The van der Waals surface area contributed by atoms with E-state index in [1.54, 1.807) is 30.0 Å². The van der Waals surface area contributed by atoms with E-state index in [1.165, 1.54) is 34.7 Å². The van der Waals surface area contributed by atoms with E-state index >= 15 is 0 Å². The lowest BCUT2D eigenvalue weighted by Gasteiger charge is -2.18. The number of rotatable bonds is 5. The zero-order valence-electron chi connectivity index (χ0n) is 13.5. The molecule has 3 rings (SSSR count). The molecule has 0 spiro atoms. The van der Waals surface area contributed by atoms with Crippen LogP contribution in [-0.2, 0) is 10.5 Å². The lowest BCUT2D eigenvalue weighted by molar-refractivity contribution is -0.115. The smallest absolute Gasteiger partial charge is 0.230 e. The van der Waals surface area contributed by atoms with Crippen LogP contribution in [0.4, 0.5) is 10.8 Å². The molecule has 2 N–H and O–H groups in total. The average Bonchev–Trinajstić information content (AvgIpc) is 3.14. The van der Waals surface area contributed by atoms with Gasteiger partial charge in [-0.05, 0) is 25.1 Å². The molecule has 7 nitrogen and oxygen atoms in total. The maximum atomic E-state index is 12.1. The van der Waals surface area contributed by atoms with Crippen LogP contribution in [0.3, 0.4) is 0 Å². The Morgan fingerprint density at radius 2 is 2.24 bits per heavy atom. The predicted octanol–water partition coefficient (Wildman–Crippen LogP) is 3.39. The molecular weight excluding hydrogens is 380 g/mol. The third-order valence-electron chi connectivity index (χ3n) is 3.30. The van der Waals surface area contributed by atoms with Crippen molar-refractivity contribution in [2.45, 2.75) is 24.8 Å². The molecule has 0 fully saturated rings. The van der Waals surface area contributed by atoms with Crippen molar-refractivity contribution in [3.8, 4) is 0 Å². The minimum absolute atomic E-state index is 0.131. The van der Waals surface area contributed by atoms with E-state index in [-0.39, 0.29) is 5.91 Å². The molecule has 2 heterocycles. The molecule has 2 aromatic heterocycles. The molecule has 0 radical (unpaired) electrons. The molecule has 10 heteroatoms. The molecule has 0 bridgehead atoms. The van der Waals surface area contributed by atoms with Gasteiger partial charge in [0.15, 0.2) is 5.13 Å². The quantitative estimate of drug-likeness (QED) is 0.527. The van der Waals surface area contributed by atoms with Crippen molar-refractivity contribution in [2.24, 2.45) is 0 Å². The van der Waals surface area contributed by atoms with Crippen LogP contribution in [0.5, 0.6) is 0 Å². The predicted molar refractivity (Wildman–Crippen MR) is 101 cm³/mol. The van der Waals surface area contributed by atoms with Crippen molar-refractivity contribution in [3.05, 3.63) is 46.2 Å². The zero-order valence-corrected chi connectivity index (χ0v) is 15.9. The lowest BCUT2D eigenvalue weighted by atomic mass is 10.3. The van der Waals surface area contributed by atoms with Crippen LogP contribution >= 0.6 is 34.7 Å². The second kappa shape index (κ2) is 7.42. The van der Waals surface area contributed by atoms with Crippen LogP contribution in [0.1, 0.15) is 18.4 Å². The molecule has 0 atom stereocenters. The number of carbonyl (C=O) groups is 1. The van der Waals surface area contributed by atoms with Crippen molar-refractivity contribution in [2.75, 3.05) is 10.7 Å². The Labute approximate surface area is 157 Å². The van der Waals surface area contributed by atoms with E-state index in [1.807, 2.05) is 11.4 Å². The maximum absolute atomic E-state index is 12.1. The van der Waals surface area contributed by atoms with Gasteiger partial charge in [0.05, 0.1) is 11.4 Å². The number of thiazole rings is 1. The maximum Gasteiger partial charge on any atom is 0.230 e. The summed E-state index contributed by atoms with van der Waals surface area (Å²) in [5.41, 5.74) is 1.52. The van der Waals surface area contributed by atoms with Crippen LogP contribution in [-0.4, -0.2) is 25.8 Å². The first kappa shape index (κ1) is 17.7. The molecule has 3 aromatic rings. The van der Waals surface area contributed by atoms with E-state index in [0.29, 0.717) is 32.6 Å². The highest BCUT2D eigenvalue weighted by Gasteiger charge is 2.18. The molecule has 0 aliphatic rings. The Balaban J connectivity index is 1.78. The number of carbonyl (C=O) groups excluding carboxylic acids is 1. The number of nitrogen functional groups attached to an aromatic ring is 1. The summed E-state index contributed by atoms with van der Waals surface area (Å²) in [7, 11) is 0. The number of hydrogen-bond donors (Lipinski definition) is 1. The number of nitrogens with two attached hydrogens (primary N) is 1. The summed E-state index contributed by atoms with van der Waals surface area (Å²) in [6, 6.07) is 7.12. The topological polar surface area (TPSA) is 89.9 Å². The molecular formula is C15H15ClN6OS2. The SMILES string of the molecule is CC(=O)N(c1cccc(Cl)c1)c1nc(CSc2nnc(C)n2N)cs1. The van der Waals surface area contributed by atoms with Gasteiger partial charge >= 0.3 is 0 Å². The number of benzene rings is 1. The molecule has 1 aromatic carbocycles. The third kappa shape index (κ3) is 3.94. The van der Waals surface area contributed by atoms with Crippen molar-refractivity contribution in [1.29, 1.82) is 0 Å². The van der Waals surface area contributed by atoms with Gasteiger partial charge in [-0.2, -0.15) is 0 Å². The van der Waals surface area contributed by atoms with Gasteiger partial charge in [0.2, 0.25) is 11.1 Å². The third-order valence-corrected chi connectivity index (χ3v) is 5.38. The van der Waals surface area contributed by atoms with Crippen LogP contribution in [0.2, 0.25) is 5.02 Å². The summed E-state index contributed by atoms with van der Waals surface area (Å²) in [6.45, 7) is 3.28. The molecule has 130 valence electrons. The number of thioether (sulfide) groups is 1. The number of aryl methyl sites for hydroxylation is 1. The van der Waals surface area contributed by atoms with Crippen molar-refractivity contribution in [3.63, 3.8) is 0 Å². The van der Waals surface area contributed by atoms with E-state index in [2.05, 4.69) is 15.2 Å². The monoisotopic (exact) mass is 394 g/mol. The fourth-order valence-electron chi connectivity index (χ4n) is 2.09. The van der Waals surface area contributed by atoms with Crippen molar-refractivity contribution >= 4 is 51.4 Å². The fourth-order valence-corrected chi connectivity index (χ4v) is 4.07. The van der Waals surface area contributed by atoms with Gasteiger partial charge in [-0.1, -0.05) is 29.4 Å². The standard InChI is InChI=1S/C15H15ClN6OS2/c1-9-19-20-15(22(9)17)25-8-12-7-24-14(18-12)21(10(2)23)13-5-3-4-11(16)6-13/h3-7H,8,17H2,1-2H3. The Bertz CT molecular complexity index is 909. The number of anilines is 2. The largest absolute Gasteiger partial charge is 0.336 e. The highest BCUT2D eigenvalue weighted by atomic mass is 35.5. The Morgan fingerprint density at radius 3 is 2.88 bits per heavy atom. The first-order valence-corrected chi connectivity index (χ1v) is 9.50. The highest BCUT2D eigenvalue weighted by molar-refractivity contribution is 7.98. The summed E-state index contributed by atoms with van der Waals surface area (Å²) < 4.78 is 1.44. The van der Waals surface area contributed by atoms with Gasteiger partial charge < -0.3 is 5.84 Å². The average molecular weight is 395 g/mol. The fraction of sp³-hybridized carbons (Fsp3) is 0.200. The molecule has 0 unspecified atom stereocenters. The molecule has 0 saturated heterocycles. The Hall–Kier alpha value is -2.10. The number of amides is 1. The zero-order chi connectivity index (χ0) is 18.0. The molecule has 0 aliphatic heterocycles. The second-order valence-electron chi connectivity index (χ2n) is 5.14. The van der Waals surface area contributed by atoms with Crippen LogP contribution in [0.15, 0.2) is 34.8 Å². The second-order valence-corrected chi connectivity index (χ2v) is 7.36. The van der Waals surface area contributed by atoms with Gasteiger partial charge in [0.1, 0.15) is 5.82 Å². The van der Waals surface area contributed by atoms with E-state index in [9.17, 15) is 4.79 Å². The van der Waals surface area contributed by atoms with Crippen LogP contribution in [0.25, 0.3) is 0 Å². The molecule has 0 aliphatic carbocycles. The number of hydrogen-bond acceptors (Lipinski definition) is 7. The normalized spacial score (nSPS) is 10.8. The summed E-state index contributed by atoms with van der Waals surface area (Å²) in [4.78, 5) is 18.2. The minimum Gasteiger partial charge on any atom is -0.336 e. The summed E-state index contributed by atoms with van der Waals surface area (Å²) >= 11 is 8.87. The Kier molecular flexibility index (Phi) is 5.26. The van der Waals surface area contributed by atoms with E-state index in [4.69, 9.17) is 17.4 Å². The Morgan fingerprint density at radius 1 is 1.44 bits per heavy atom. The van der Waals surface area contributed by atoms with Crippen LogP contribution < -0.4 is 10.7 Å². The van der Waals surface area contributed by atoms with Gasteiger partial charge in [0.25, 0.3) is 0 Å². The van der Waals surface area contributed by atoms with Gasteiger partial charge in [-0.15, -0.1) is 21.5 Å². The minimum atomic E-state index is -0.131. The van der Waals surface area contributed by atoms with Crippen molar-refractivity contribution < 1.29 is 4.79 Å². The van der Waals surface area contributed by atoms with Crippen molar-refractivity contribution in [1.82, 2.24) is 19.9 Å². The van der Waals surface area contributed by atoms with Gasteiger partial charge in [0, 0.05) is 23.1 Å². The van der Waals surface area contributed by atoms with Gasteiger partial charge in [-0.3, -0.25) is 9.69 Å². The number of halogens is 1. The van der Waals surface area contributed by atoms with Crippen LogP contribution in [0, 0.1) is 6.92 Å². The molecule has 25 heavy (non-hydrogen) atoms. The number of nitrogens with zero attached hydrogens (tertiary/aromatic N) is 5. The number of aromatic nitrogens is 4. The summed E-state index contributed by atoms with van der Waals surface area (Å²) in [5, 5.41) is 11.6. The molecule has 1 amide bonds. The first-order valence-electron chi connectivity index (χ1n) is 7.26. The van der Waals surface area contributed by atoms with E-state index < -0.39 is 0 Å². The highest BCUT2D eigenvalue weighted by Crippen LogP contribution is 2.32. The first-order chi connectivity index (χ1) is 12.0. The summed E-state index contributed by atoms with van der Waals surface area (Å²) in [5.74, 6) is 6.93.